The van der Waals surface area contributed by atoms with Crippen molar-refractivity contribution in [2.24, 2.45) is 0 Å². The Bertz CT molecular complexity index is 548. The molecule has 19 heavy (non-hydrogen) atoms. The summed E-state index contributed by atoms with van der Waals surface area (Å²) in [5.74, 6) is -1.40. The van der Waals surface area contributed by atoms with Crippen molar-refractivity contribution in [2.45, 2.75) is 6.10 Å². The van der Waals surface area contributed by atoms with Gasteiger partial charge in [-0.25, -0.2) is 17.2 Å². The first-order chi connectivity index (χ1) is 8.87. The molecule has 1 aliphatic heterocycles. The minimum absolute atomic E-state index is 0.0230. The van der Waals surface area contributed by atoms with Crippen LogP contribution in [0, 0.1) is 11.6 Å². The lowest BCUT2D eigenvalue weighted by Crippen LogP contribution is -2.42. The van der Waals surface area contributed by atoms with Crippen LogP contribution in [0.4, 0.5) is 8.78 Å². The highest BCUT2D eigenvalue weighted by Crippen LogP contribution is 2.19. The Morgan fingerprint density at radius 1 is 1.26 bits per heavy atom. The Kier molecular flexibility index (Phi) is 4.17. The monoisotopic (exact) mass is 291 g/mol. The average molecular weight is 291 g/mol. The number of benzene rings is 1. The minimum Gasteiger partial charge on any atom is -0.387 e. The Morgan fingerprint density at radius 3 is 2.47 bits per heavy atom. The number of halogens is 2. The zero-order valence-corrected chi connectivity index (χ0v) is 11.0. The zero-order valence-electron chi connectivity index (χ0n) is 10.2. The second-order valence-electron chi connectivity index (χ2n) is 4.63. The molecule has 0 saturated carbocycles. The van der Waals surface area contributed by atoms with Crippen LogP contribution in [0.5, 0.6) is 0 Å². The Balaban J connectivity index is 2.00. The van der Waals surface area contributed by atoms with Crippen molar-refractivity contribution < 1.29 is 22.3 Å². The standard InChI is InChI=1S/C12H15F2NO3S/c13-9-1-2-10(11(14)7-9)12(16)8-15-3-5-19(17,18)6-4-15/h1-2,7,12,16H,3-6,8H2. The minimum atomic E-state index is -2.98. The smallest absolute Gasteiger partial charge is 0.152 e. The van der Waals surface area contributed by atoms with Gasteiger partial charge in [-0.15, -0.1) is 0 Å². The number of hydrogen-bond acceptors (Lipinski definition) is 4. The lowest BCUT2D eigenvalue weighted by atomic mass is 10.1. The molecular weight excluding hydrogens is 276 g/mol. The van der Waals surface area contributed by atoms with Gasteiger partial charge in [0.1, 0.15) is 11.6 Å². The van der Waals surface area contributed by atoms with Crippen molar-refractivity contribution >= 4 is 9.84 Å². The zero-order chi connectivity index (χ0) is 14.0. The van der Waals surface area contributed by atoms with E-state index in [2.05, 4.69) is 0 Å². The molecule has 1 heterocycles. The number of hydrogen-bond donors (Lipinski definition) is 1. The second kappa shape index (κ2) is 5.52. The van der Waals surface area contributed by atoms with Crippen molar-refractivity contribution in [3.63, 3.8) is 0 Å². The van der Waals surface area contributed by atoms with E-state index in [0.29, 0.717) is 13.1 Å². The molecule has 0 radical (unpaired) electrons. The SMILES string of the molecule is O=S1(=O)CCN(CC(O)c2ccc(F)cc2F)CC1. The van der Waals surface area contributed by atoms with Crippen LogP contribution in [-0.4, -0.2) is 49.6 Å². The lowest BCUT2D eigenvalue weighted by molar-refractivity contribution is 0.114. The largest absolute Gasteiger partial charge is 0.387 e. The van der Waals surface area contributed by atoms with Gasteiger partial charge in [0.25, 0.3) is 0 Å². The van der Waals surface area contributed by atoms with Crippen LogP contribution in [0.25, 0.3) is 0 Å². The van der Waals surface area contributed by atoms with Gasteiger partial charge in [0.15, 0.2) is 9.84 Å². The van der Waals surface area contributed by atoms with Gasteiger partial charge in [0.05, 0.1) is 17.6 Å². The van der Waals surface area contributed by atoms with Crippen LogP contribution >= 0.6 is 0 Å². The Morgan fingerprint density at radius 2 is 1.89 bits per heavy atom. The van der Waals surface area contributed by atoms with Crippen molar-refractivity contribution in [3.8, 4) is 0 Å². The molecule has 2 rings (SSSR count). The highest BCUT2D eigenvalue weighted by atomic mass is 32.2. The molecule has 1 saturated heterocycles. The first-order valence-electron chi connectivity index (χ1n) is 5.93. The number of nitrogens with zero attached hydrogens (tertiary/aromatic N) is 1. The third-order valence-electron chi connectivity index (χ3n) is 3.19. The van der Waals surface area contributed by atoms with E-state index >= 15 is 0 Å². The highest BCUT2D eigenvalue weighted by molar-refractivity contribution is 7.91. The van der Waals surface area contributed by atoms with Gasteiger partial charge in [-0.1, -0.05) is 6.07 Å². The first kappa shape index (κ1) is 14.4. The van der Waals surface area contributed by atoms with E-state index in [-0.39, 0.29) is 23.6 Å². The summed E-state index contributed by atoms with van der Waals surface area (Å²) in [5.41, 5.74) is 0.0230. The molecule has 1 fully saturated rings. The molecule has 1 atom stereocenters. The second-order valence-corrected chi connectivity index (χ2v) is 6.94. The molecule has 1 N–H and O–H groups in total. The van der Waals surface area contributed by atoms with E-state index in [1.54, 1.807) is 4.90 Å². The van der Waals surface area contributed by atoms with Crippen LogP contribution in [0.15, 0.2) is 18.2 Å². The van der Waals surface area contributed by atoms with Gasteiger partial charge in [0.2, 0.25) is 0 Å². The van der Waals surface area contributed by atoms with Crippen molar-refractivity contribution in [3.05, 3.63) is 35.4 Å². The molecule has 0 bridgehead atoms. The van der Waals surface area contributed by atoms with Crippen LogP contribution in [0.2, 0.25) is 0 Å². The number of β-amino-alcohol motifs (C(OH)–C–C–N with tert-alkyl or cyclic N) is 1. The summed E-state index contributed by atoms with van der Waals surface area (Å²) >= 11 is 0. The number of sulfone groups is 1. The van der Waals surface area contributed by atoms with Crippen LogP contribution < -0.4 is 0 Å². The van der Waals surface area contributed by atoms with Crippen LogP contribution in [0.1, 0.15) is 11.7 Å². The predicted octanol–water partition coefficient (Wildman–Crippen LogP) is 0.729. The molecule has 7 heteroatoms. The fraction of sp³-hybridized carbons (Fsp3) is 0.500. The summed E-state index contributed by atoms with van der Waals surface area (Å²) in [7, 11) is -2.98. The fourth-order valence-electron chi connectivity index (χ4n) is 2.05. The number of rotatable bonds is 3. The van der Waals surface area contributed by atoms with E-state index in [9.17, 15) is 22.3 Å². The Labute approximate surface area is 110 Å². The predicted molar refractivity (Wildman–Crippen MR) is 66.4 cm³/mol. The quantitative estimate of drug-likeness (QED) is 0.892. The molecule has 0 aliphatic carbocycles. The Hall–Kier alpha value is -1.05. The van der Waals surface area contributed by atoms with Crippen molar-refractivity contribution in [1.82, 2.24) is 4.90 Å². The van der Waals surface area contributed by atoms with E-state index in [1.165, 1.54) is 6.07 Å². The summed E-state index contributed by atoms with van der Waals surface area (Å²) in [6, 6.07) is 3.01. The maximum atomic E-state index is 13.5. The molecule has 0 aromatic heterocycles. The fourth-order valence-corrected chi connectivity index (χ4v) is 3.32. The normalized spacial score (nSPS) is 21.2. The molecule has 1 aromatic rings. The summed E-state index contributed by atoms with van der Waals surface area (Å²) in [6.07, 6.45) is -1.10. The molecule has 1 aromatic carbocycles. The van der Waals surface area contributed by atoms with Gasteiger partial charge in [-0.05, 0) is 6.07 Å². The summed E-state index contributed by atoms with van der Waals surface area (Å²) < 4.78 is 48.7. The van der Waals surface area contributed by atoms with E-state index < -0.39 is 27.6 Å². The van der Waals surface area contributed by atoms with E-state index in [0.717, 1.165) is 12.1 Å². The number of aliphatic hydroxyl groups excluding tert-OH is 1. The van der Waals surface area contributed by atoms with E-state index in [1.807, 2.05) is 0 Å². The molecule has 4 nitrogen and oxygen atoms in total. The van der Waals surface area contributed by atoms with Crippen LogP contribution in [-0.2, 0) is 9.84 Å². The maximum Gasteiger partial charge on any atom is 0.152 e. The number of aliphatic hydroxyl groups is 1. The molecule has 1 aliphatic rings. The van der Waals surface area contributed by atoms with Gasteiger partial charge >= 0.3 is 0 Å². The lowest BCUT2D eigenvalue weighted by Gasteiger charge is -2.28. The van der Waals surface area contributed by atoms with Crippen molar-refractivity contribution in [2.75, 3.05) is 31.1 Å². The average Bonchev–Trinajstić information content (AvgIpc) is 2.31. The third-order valence-corrected chi connectivity index (χ3v) is 4.80. The summed E-state index contributed by atoms with van der Waals surface area (Å²) in [6.45, 7) is 0.780. The molecular formula is C12H15F2NO3S. The van der Waals surface area contributed by atoms with E-state index in [4.69, 9.17) is 0 Å². The summed E-state index contributed by atoms with van der Waals surface area (Å²) in [4.78, 5) is 1.76. The molecule has 106 valence electrons. The van der Waals surface area contributed by atoms with Crippen molar-refractivity contribution in [1.29, 1.82) is 0 Å². The van der Waals surface area contributed by atoms with Crippen LogP contribution in [0.3, 0.4) is 0 Å². The van der Waals surface area contributed by atoms with Gasteiger partial charge in [0, 0.05) is 31.3 Å². The summed E-state index contributed by atoms with van der Waals surface area (Å²) in [5, 5.41) is 9.92. The third kappa shape index (κ3) is 3.71. The topological polar surface area (TPSA) is 57.6 Å². The van der Waals surface area contributed by atoms with Gasteiger partial charge < -0.3 is 5.11 Å². The first-order valence-corrected chi connectivity index (χ1v) is 7.75. The molecule has 1 unspecified atom stereocenters. The van der Waals surface area contributed by atoms with Gasteiger partial charge in [-0.3, -0.25) is 4.90 Å². The molecule has 0 spiro atoms. The maximum absolute atomic E-state index is 13.5. The highest BCUT2D eigenvalue weighted by Gasteiger charge is 2.24. The van der Waals surface area contributed by atoms with Gasteiger partial charge in [-0.2, -0.15) is 0 Å². The molecule has 0 amide bonds.